The zero-order valence-electron chi connectivity index (χ0n) is 19.2. The highest BCUT2D eigenvalue weighted by Gasteiger charge is 2.54. The van der Waals surface area contributed by atoms with E-state index in [9.17, 15) is 4.79 Å². The van der Waals surface area contributed by atoms with Crippen molar-refractivity contribution in [1.29, 1.82) is 0 Å². The molecule has 1 amide bonds. The first-order chi connectivity index (χ1) is 14.7. The van der Waals surface area contributed by atoms with E-state index in [-0.39, 0.29) is 23.1 Å². The summed E-state index contributed by atoms with van der Waals surface area (Å²) in [6.07, 6.45) is 3.10. The third kappa shape index (κ3) is 4.33. The SMILES string of the molecule is C=C/C=C(/O[Si](c1ccccc1)(c1ccccc1)C(C)(C)C)N1C(=O)OC[C@@H]1C(C)C. The van der Waals surface area contributed by atoms with Crippen LogP contribution in [0, 0.1) is 5.92 Å². The Labute approximate surface area is 187 Å². The number of hydrogen-bond donors (Lipinski definition) is 0. The molecule has 1 fully saturated rings. The molecule has 31 heavy (non-hydrogen) atoms. The molecular weight excluding hydrogens is 402 g/mol. The van der Waals surface area contributed by atoms with E-state index in [0.29, 0.717) is 12.5 Å². The van der Waals surface area contributed by atoms with Gasteiger partial charge in [-0.05, 0) is 27.4 Å². The molecule has 1 aliphatic heterocycles. The lowest BCUT2D eigenvalue weighted by Gasteiger charge is -2.44. The van der Waals surface area contributed by atoms with E-state index >= 15 is 0 Å². The average Bonchev–Trinajstić information content (AvgIpc) is 3.13. The molecule has 164 valence electrons. The van der Waals surface area contributed by atoms with Gasteiger partial charge in [-0.15, -0.1) is 0 Å². The Morgan fingerprint density at radius 1 is 1.10 bits per heavy atom. The van der Waals surface area contributed by atoms with Crippen molar-refractivity contribution in [2.24, 2.45) is 5.92 Å². The van der Waals surface area contributed by atoms with E-state index in [1.165, 1.54) is 0 Å². The van der Waals surface area contributed by atoms with Crippen molar-refractivity contribution >= 4 is 24.8 Å². The number of amides is 1. The minimum atomic E-state index is -2.88. The van der Waals surface area contributed by atoms with Crippen LogP contribution in [0.5, 0.6) is 0 Å². The number of rotatable bonds is 7. The van der Waals surface area contributed by atoms with Gasteiger partial charge in [0.25, 0.3) is 0 Å². The van der Waals surface area contributed by atoms with Gasteiger partial charge in [0, 0.05) is 0 Å². The summed E-state index contributed by atoms with van der Waals surface area (Å²) in [4.78, 5) is 14.5. The highest BCUT2D eigenvalue weighted by molar-refractivity contribution is 6.99. The molecule has 5 heteroatoms. The fourth-order valence-corrected chi connectivity index (χ4v) is 8.66. The Morgan fingerprint density at radius 2 is 1.61 bits per heavy atom. The number of carbonyl (C=O) groups is 1. The molecule has 0 radical (unpaired) electrons. The van der Waals surface area contributed by atoms with E-state index in [2.05, 4.69) is 65.5 Å². The van der Waals surface area contributed by atoms with Gasteiger partial charge in [0.05, 0.1) is 6.04 Å². The van der Waals surface area contributed by atoms with Crippen LogP contribution < -0.4 is 10.4 Å². The van der Waals surface area contributed by atoms with Crippen LogP contribution in [-0.2, 0) is 9.16 Å². The van der Waals surface area contributed by atoms with Crippen LogP contribution in [0.15, 0.2) is 85.3 Å². The van der Waals surface area contributed by atoms with Crippen molar-refractivity contribution in [1.82, 2.24) is 4.90 Å². The summed E-state index contributed by atoms with van der Waals surface area (Å²) in [5, 5.41) is 2.09. The molecule has 0 aromatic heterocycles. The Kier molecular flexibility index (Phi) is 6.75. The lowest BCUT2D eigenvalue weighted by molar-refractivity contribution is 0.148. The van der Waals surface area contributed by atoms with Gasteiger partial charge in [0.2, 0.25) is 0 Å². The zero-order chi connectivity index (χ0) is 22.6. The smallest absolute Gasteiger partial charge is 0.417 e. The maximum atomic E-state index is 12.8. The van der Waals surface area contributed by atoms with Gasteiger partial charge in [-0.25, -0.2) is 9.69 Å². The van der Waals surface area contributed by atoms with Crippen molar-refractivity contribution < 1.29 is 14.0 Å². The Bertz CT molecular complexity index is 893. The molecule has 2 aromatic carbocycles. The largest absolute Gasteiger partial charge is 0.522 e. The predicted molar refractivity (Wildman–Crippen MR) is 129 cm³/mol. The van der Waals surface area contributed by atoms with Gasteiger partial charge in [0.15, 0.2) is 5.88 Å². The maximum Gasteiger partial charge on any atom is 0.417 e. The highest BCUT2D eigenvalue weighted by atomic mass is 28.4. The van der Waals surface area contributed by atoms with Crippen molar-refractivity contribution in [2.75, 3.05) is 6.61 Å². The van der Waals surface area contributed by atoms with Crippen LogP contribution in [0.2, 0.25) is 5.04 Å². The van der Waals surface area contributed by atoms with Gasteiger partial charge in [-0.2, -0.15) is 0 Å². The third-order valence-electron chi connectivity index (χ3n) is 5.85. The second-order valence-electron chi connectivity index (χ2n) is 9.26. The number of benzene rings is 2. The van der Waals surface area contributed by atoms with E-state index in [1.54, 1.807) is 17.1 Å². The van der Waals surface area contributed by atoms with E-state index in [0.717, 1.165) is 10.4 Å². The summed E-state index contributed by atoms with van der Waals surface area (Å²) in [5.41, 5.74) is 0. The average molecular weight is 436 g/mol. The van der Waals surface area contributed by atoms with Crippen molar-refractivity contribution in [2.45, 2.75) is 45.7 Å². The summed E-state index contributed by atoms with van der Waals surface area (Å²) in [6.45, 7) is 15.1. The lowest BCUT2D eigenvalue weighted by atomic mass is 10.1. The molecule has 1 saturated heterocycles. The number of allylic oxidation sites excluding steroid dienone is 2. The van der Waals surface area contributed by atoms with Crippen molar-refractivity contribution in [3.63, 3.8) is 0 Å². The fraction of sp³-hybridized carbons (Fsp3) is 0.346. The van der Waals surface area contributed by atoms with Crippen LogP contribution in [0.4, 0.5) is 4.79 Å². The van der Waals surface area contributed by atoms with Crippen LogP contribution in [0.1, 0.15) is 34.6 Å². The number of ether oxygens (including phenoxy) is 1. The molecule has 4 nitrogen and oxygen atoms in total. The molecule has 0 aliphatic carbocycles. The normalized spacial score (nSPS) is 17.6. The number of carbonyl (C=O) groups excluding carboxylic acids is 1. The molecule has 3 rings (SSSR count). The number of cyclic esters (lactones) is 1. The summed E-state index contributed by atoms with van der Waals surface area (Å²) in [7, 11) is -2.88. The zero-order valence-corrected chi connectivity index (χ0v) is 20.2. The highest BCUT2D eigenvalue weighted by Crippen LogP contribution is 2.39. The second-order valence-corrected chi connectivity index (χ2v) is 13.5. The first-order valence-electron chi connectivity index (χ1n) is 10.8. The molecule has 2 aromatic rings. The second kappa shape index (κ2) is 9.14. The molecule has 0 bridgehead atoms. The van der Waals surface area contributed by atoms with Crippen LogP contribution >= 0.6 is 0 Å². The van der Waals surface area contributed by atoms with E-state index in [4.69, 9.17) is 9.16 Å². The molecule has 1 atom stereocenters. The van der Waals surface area contributed by atoms with Gasteiger partial charge >= 0.3 is 14.4 Å². The maximum absolute atomic E-state index is 12.8. The standard InChI is InChI=1S/C26H33NO3Si/c1-7-14-24(27-23(20(2)3)19-29-25(27)28)30-31(26(4,5)6,21-15-10-8-11-16-21)22-17-12-9-13-18-22/h7-18,20,23H,1,19H2,2-6H3/b24-14+/t23-/m1/s1. The summed E-state index contributed by atoms with van der Waals surface area (Å²) >= 11 is 0. The molecular formula is C26H33NO3Si. The fourth-order valence-electron chi connectivity index (χ4n) is 4.25. The van der Waals surface area contributed by atoms with Gasteiger partial charge < -0.3 is 9.16 Å². The molecule has 0 unspecified atom stereocenters. The molecule has 0 N–H and O–H groups in total. The third-order valence-corrected chi connectivity index (χ3v) is 10.8. The van der Waals surface area contributed by atoms with E-state index < -0.39 is 8.32 Å². The Balaban J connectivity index is 2.23. The minimum Gasteiger partial charge on any atom is -0.522 e. The van der Waals surface area contributed by atoms with Gasteiger partial charge in [-0.3, -0.25) is 0 Å². The predicted octanol–water partition coefficient (Wildman–Crippen LogP) is 5.07. The van der Waals surface area contributed by atoms with Crippen molar-refractivity contribution in [3.05, 3.63) is 85.3 Å². The number of nitrogens with zero attached hydrogens (tertiary/aromatic N) is 1. The van der Waals surface area contributed by atoms with Gasteiger partial charge in [-0.1, -0.05) is 108 Å². The molecule has 0 spiro atoms. The number of hydrogen-bond acceptors (Lipinski definition) is 3. The lowest BCUT2D eigenvalue weighted by Crippen LogP contribution is -2.67. The first kappa shape index (κ1) is 22.9. The summed E-state index contributed by atoms with van der Waals surface area (Å²) < 4.78 is 12.5. The molecule has 1 aliphatic rings. The Hall–Kier alpha value is -2.79. The molecule has 1 heterocycles. The van der Waals surface area contributed by atoms with Crippen molar-refractivity contribution in [3.8, 4) is 0 Å². The summed E-state index contributed by atoms with van der Waals surface area (Å²) in [5.74, 6) is 0.730. The van der Waals surface area contributed by atoms with E-state index in [1.807, 2.05) is 36.4 Å². The van der Waals surface area contributed by atoms with Crippen LogP contribution in [0.3, 0.4) is 0 Å². The minimum absolute atomic E-state index is 0.0862. The van der Waals surface area contributed by atoms with Gasteiger partial charge in [0.1, 0.15) is 6.61 Å². The quantitative estimate of drug-likeness (QED) is 0.346. The first-order valence-corrected chi connectivity index (χ1v) is 12.7. The summed E-state index contributed by atoms with van der Waals surface area (Å²) in [6, 6.07) is 20.7. The monoisotopic (exact) mass is 435 g/mol. The Morgan fingerprint density at radius 3 is 2.03 bits per heavy atom. The van der Waals surface area contributed by atoms with Crippen LogP contribution in [-0.4, -0.2) is 32.0 Å². The molecule has 0 saturated carbocycles. The topological polar surface area (TPSA) is 38.8 Å². The van der Waals surface area contributed by atoms with Crippen LogP contribution in [0.25, 0.3) is 0 Å².